The van der Waals surface area contributed by atoms with E-state index in [0.29, 0.717) is 24.0 Å². The van der Waals surface area contributed by atoms with Gasteiger partial charge in [-0.25, -0.2) is 0 Å². The van der Waals surface area contributed by atoms with Gasteiger partial charge in [-0.1, -0.05) is 55.0 Å². The highest BCUT2D eigenvalue weighted by molar-refractivity contribution is 5.93. The normalized spacial score (nSPS) is 36.6. The zero-order valence-electron chi connectivity index (χ0n) is 17.5. The second-order valence-electron chi connectivity index (χ2n) is 9.61. The van der Waals surface area contributed by atoms with Gasteiger partial charge in [0.05, 0.1) is 5.60 Å². The molecule has 0 bridgehead atoms. The topological polar surface area (TPSA) is 37.3 Å². The zero-order chi connectivity index (χ0) is 20.1. The van der Waals surface area contributed by atoms with Crippen LogP contribution in [-0.2, 0) is 4.79 Å². The predicted octanol–water partition coefficient (Wildman–Crippen LogP) is 6.03. The molecule has 0 saturated heterocycles. The first kappa shape index (κ1) is 19.1. The summed E-state index contributed by atoms with van der Waals surface area (Å²) in [6.45, 7) is 2.28. The Hall–Kier alpha value is -1.93. The van der Waals surface area contributed by atoms with Crippen LogP contribution in [0.25, 0.3) is 6.08 Å². The van der Waals surface area contributed by atoms with Gasteiger partial charge < -0.3 is 5.11 Å². The van der Waals surface area contributed by atoms with Gasteiger partial charge in [-0.3, -0.25) is 4.79 Å². The van der Waals surface area contributed by atoms with E-state index in [0.717, 1.165) is 56.9 Å². The SMILES string of the molecule is CCC12CCC3=C4CCC(=O)C=C4CCC3C1CCC2(O)/C=C/c1ccccc1. The lowest BCUT2D eigenvalue weighted by molar-refractivity contribution is -0.114. The highest BCUT2D eigenvalue weighted by Crippen LogP contribution is 2.65. The maximum absolute atomic E-state index is 11.9. The fourth-order valence-electron chi connectivity index (χ4n) is 7.20. The van der Waals surface area contributed by atoms with E-state index >= 15 is 0 Å². The van der Waals surface area contributed by atoms with Crippen LogP contribution in [0.1, 0.15) is 70.3 Å². The summed E-state index contributed by atoms with van der Waals surface area (Å²) in [6.07, 6.45) is 15.2. The number of hydrogen-bond acceptors (Lipinski definition) is 2. The molecule has 152 valence electrons. The maximum atomic E-state index is 11.9. The average molecular weight is 389 g/mol. The third-order valence-corrected chi connectivity index (χ3v) is 8.62. The molecule has 0 aliphatic heterocycles. The number of aliphatic hydroxyl groups is 1. The van der Waals surface area contributed by atoms with Gasteiger partial charge in [0.25, 0.3) is 0 Å². The van der Waals surface area contributed by atoms with Crippen molar-refractivity contribution < 1.29 is 9.90 Å². The van der Waals surface area contributed by atoms with Crippen molar-refractivity contribution in [2.45, 2.75) is 70.3 Å². The molecule has 2 nitrogen and oxygen atoms in total. The number of carbonyl (C=O) groups is 1. The molecule has 1 N–H and O–H groups in total. The lowest BCUT2D eigenvalue weighted by Gasteiger charge is -2.52. The van der Waals surface area contributed by atoms with E-state index in [-0.39, 0.29) is 5.41 Å². The smallest absolute Gasteiger partial charge is 0.156 e. The van der Waals surface area contributed by atoms with E-state index < -0.39 is 5.60 Å². The van der Waals surface area contributed by atoms with Crippen LogP contribution in [0.2, 0.25) is 0 Å². The summed E-state index contributed by atoms with van der Waals surface area (Å²) in [5.74, 6) is 1.47. The van der Waals surface area contributed by atoms with Gasteiger partial charge in [-0.05, 0) is 86.0 Å². The zero-order valence-corrected chi connectivity index (χ0v) is 17.5. The van der Waals surface area contributed by atoms with Gasteiger partial charge >= 0.3 is 0 Å². The summed E-state index contributed by atoms with van der Waals surface area (Å²) in [4.78, 5) is 11.9. The number of benzene rings is 1. The van der Waals surface area contributed by atoms with Gasteiger partial charge in [0.1, 0.15) is 0 Å². The molecule has 4 unspecified atom stereocenters. The van der Waals surface area contributed by atoms with E-state index in [1.165, 1.54) is 11.1 Å². The lowest BCUT2D eigenvalue weighted by atomic mass is 9.53. The van der Waals surface area contributed by atoms with E-state index in [1.54, 1.807) is 5.57 Å². The fourth-order valence-corrected chi connectivity index (χ4v) is 7.20. The maximum Gasteiger partial charge on any atom is 0.156 e. The summed E-state index contributed by atoms with van der Waals surface area (Å²) < 4.78 is 0. The quantitative estimate of drug-likeness (QED) is 0.687. The first-order valence-corrected chi connectivity index (χ1v) is 11.5. The standard InChI is InChI=1S/C27H32O2/c1-2-26-15-13-23-22-11-9-21(28)18-20(22)8-10-24(23)25(26)14-17-27(26,29)16-12-19-6-4-3-5-7-19/h3-7,12,16,18,24-25,29H,2,8-11,13-15,17H2,1H3/b16-12+. The van der Waals surface area contributed by atoms with Crippen molar-refractivity contribution in [1.82, 2.24) is 0 Å². The Bertz CT molecular complexity index is 906. The Morgan fingerprint density at radius 1 is 1.07 bits per heavy atom. The first-order chi connectivity index (χ1) is 14.1. The van der Waals surface area contributed by atoms with Gasteiger partial charge in [-0.2, -0.15) is 0 Å². The van der Waals surface area contributed by atoms with Gasteiger partial charge in [0.15, 0.2) is 5.78 Å². The number of hydrogen-bond donors (Lipinski definition) is 1. The molecule has 1 aromatic carbocycles. The fraction of sp³-hybridized carbons (Fsp3) is 0.519. The van der Waals surface area contributed by atoms with Crippen molar-refractivity contribution in [3.05, 3.63) is 64.8 Å². The molecule has 0 heterocycles. The molecule has 4 aliphatic rings. The van der Waals surface area contributed by atoms with Crippen molar-refractivity contribution in [3.63, 3.8) is 0 Å². The molecule has 2 heteroatoms. The summed E-state index contributed by atoms with van der Waals surface area (Å²) in [5, 5.41) is 11.9. The van der Waals surface area contributed by atoms with Crippen LogP contribution in [-0.4, -0.2) is 16.5 Å². The van der Waals surface area contributed by atoms with Crippen molar-refractivity contribution in [1.29, 1.82) is 0 Å². The molecular formula is C27H32O2. The predicted molar refractivity (Wildman–Crippen MR) is 117 cm³/mol. The van der Waals surface area contributed by atoms with Crippen molar-refractivity contribution in [2.75, 3.05) is 0 Å². The Morgan fingerprint density at radius 2 is 1.90 bits per heavy atom. The molecule has 0 amide bonds. The van der Waals surface area contributed by atoms with E-state index in [9.17, 15) is 9.90 Å². The molecule has 1 aromatic rings. The highest BCUT2D eigenvalue weighted by Gasteiger charge is 2.61. The Morgan fingerprint density at radius 3 is 2.69 bits per heavy atom. The van der Waals surface area contributed by atoms with Crippen LogP contribution >= 0.6 is 0 Å². The molecule has 2 saturated carbocycles. The minimum atomic E-state index is -0.711. The van der Waals surface area contributed by atoms with Crippen LogP contribution in [0.3, 0.4) is 0 Å². The Balaban J connectivity index is 1.49. The van der Waals surface area contributed by atoms with Crippen molar-refractivity contribution in [2.24, 2.45) is 17.3 Å². The summed E-state index contributed by atoms with van der Waals surface area (Å²) >= 11 is 0. The second-order valence-corrected chi connectivity index (χ2v) is 9.61. The third kappa shape index (κ3) is 2.91. The number of fused-ring (bicyclic) bond motifs is 4. The third-order valence-electron chi connectivity index (χ3n) is 8.62. The van der Waals surface area contributed by atoms with Crippen LogP contribution in [0, 0.1) is 17.3 Å². The van der Waals surface area contributed by atoms with Crippen molar-refractivity contribution in [3.8, 4) is 0 Å². The minimum Gasteiger partial charge on any atom is -0.385 e. The Labute approximate surface area is 174 Å². The van der Waals surface area contributed by atoms with Gasteiger partial charge in [0, 0.05) is 11.8 Å². The number of rotatable bonds is 3. The molecule has 4 aliphatic carbocycles. The van der Waals surface area contributed by atoms with Gasteiger partial charge in [0.2, 0.25) is 0 Å². The van der Waals surface area contributed by atoms with Crippen LogP contribution < -0.4 is 0 Å². The largest absolute Gasteiger partial charge is 0.385 e. The molecule has 29 heavy (non-hydrogen) atoms. The first-order valence-electron chi connectivity index (χ1n) is 11.5. The number of allylic oxidation sites excluding steroid dienone is 4. The summed E-state index contributed by atoms with van der Waals surface area (Å²) in [5.41, 5.74) is 4.92. The summed E-state index contributed by atoms with van der Waals surface area (Å²) in [7, 11) is 0. The van der Waals surface area contributed by atoms with Crippen LogP contribution in [0.15, 0.2) is 59.2 Å². The number of carbonyl (C=O) groups excluding carboxylic acids is 1. The Kier molecular flexibility index (Phi) is 4.66. The highest BCUT2D eigenvalue weighted by atomic mass is 16.3. The average Bonchev–Trinajstić information content (AvgIpc) is 3.06. The molecule has 2 fully saturated rings. The van der Waals surface area contributed by atoms with Gasteiger partial charge in [-0.15, -0.1) is 0 Å². The molecular weight excluding hydrogens is 356 g/mol. The summed E-state index contributed by atoms with van der Waals surface area (Å²) in [6, 6.07) is 10.4. The van der Waals surface area contributed by atoms with E-state index in [2.05, 4.69) is 43.3 Å². The molecule has 0 radical (unpaired) electrons. The van der Waals surface area contributed by atoms with Crippen LogP contribution in [0.4, 0.5) is 0 Å². The molecule has 0 spiro atoms. The molecule has 0 aromatic heterocycles. The number of ketones is 1. The monoisotopic (exact) mass is 388 g/mol. The molecule has 5 rings (SSSR count). The minimum absolute atomic E-state index is 0.0152. The lowest BCUT2D eigenvalue weighted by Crippen LogP contribution is -2.50. The van der Waals surface area contributed by atoms with Crippen molar-refractivity contribution >= 4 is 11.9 Å². The van der Waals surface area contributed by atoms with Crippen LogP contribution in [0.5, 0.6) is 0 Å². The second kappa shape index (κ2) is 7.09. The van der Waals surface area contributed by atoms with E-state index in [4.69, 9.17) is 0 Å². The van der Waals surface area contributed by atoms with E-state index in [1.807, 2.05) is 12.1 Å². The molecule has 4 atom stereocenters.